The van der Waals surface area contributed by atoms with Gasteiger partial charge in [-0.2, -0.15) is 0 Å². The number of phenolic OH excluding ortho intramolecular Hbond substituents is 6. The summed E-state index contributed by atoms with van der Waals surface area (Å²) in [6.07, 6.45) is 5.08. The number of benzene rings is 4. The van der Waals surface area contributed by atoms with E-state index in [0.717, 1.165) is 24.3 Å². The number of hydrogen-bond acceptors (Lipinski definition) is 10. The standard InChI is InChI=1S/C17H15NO6.C16H13NO6/c1-9-6-11(19)8-12(17(23)24)16(9)18-15(22)5-3-10-2-4-13(20)14(21)7-10;18-10-3-4-12(11(8-10)16(22)23)17-15(21)6-2-9-1-5-13(19)14(20)7-9/h2-8,19-21H,1H3,(H,18,22)(H,23,24);1-8,18-20H,(H,17,21)(H,22,23)/b5-3+;6-2+. The Kier molecular flexibility index (Phi) is 11.1. The van der Waals surface area contributed by atoms with Gasteiger partial charge in [0, 0.05) is 12.2 Å². The van der Waals surface area contributed by atoms with Crippen LogP contribution < -0.4 is 10.6 Å². The maximum Gasteiger partial charge on any atom is 0.337 e. The molecule has 4 aromatic rings. The van der Waals surface area contributed by atoms with Crippen LogP contribution in [0.3, 0.4) is 0 Å². The largest absolute Gasteiger partial charge is 0.508 e. The molecular weight excluding hydrogens is 616 g/mol. The molecule has 2 amide bonds. The Morgan fingerprint density at radius 1 is 0.553 bits per heavy atom. The molecule has 0 bridgehead atoms. The molecule has 0 aliphatic rings. The molecule has 14 heteroatoms. The summed E-state index contributed by atoms with van der Waals surface area (Å²) in [5.41, 5.74) is 1.00. The Morgan fingerprint density at radius 2 is 1.04 bits per heavy atom. The molecule has 0 fully saturated rings. The summed E-state index contributed by atoms with van der Waals surface area (Å²) >= 11 is 0. The van der Waals surface area contributed by atoms with Crippen LogP contribution in [0, 0.1) is 6.92 Å². The molecule has 10 N–H and O–H groups in total. The topological polar surface area (TPSA) is 254 Å². The Bertz CT molecular complexity index is 1910. The maximum absolute atomic E-state index is 12.0. The molecule has 242 valence electrons. The fraction of sp³-hybridized carbons (Fsp3) is 0.0303. The molecule has 0 heterocycles. The second-order valence-corrected chi connectivity index (χ2v) is 9.67. The van der Waals surface area contributed by atoms with Crippen LogP contribution in [0.2, 0.25) is 0 Å². The van der Waals surface area contributed by atoms with Gasteiger partial charge in [-0.15, -0.1) is 0 Å². The lowest BCUT2D eigenvalue weighted by Crippen LogP contribution is -2.13. The van der Waals surface area contributed by atoms with Crippen LogP contribution in [-0.2, 0) is 9.59 Å². The fourth-order valence-electron chi connectivity index (χ4n) is 3.89. The van der Waals surface area contributed by atoms with Gasteiger partial charge < -0.3 is 51.5 Å². The van der Waals surface area contributed by atoms with Gasteiger partial charge >= 0.3 is 11.9 Å². The molecule has 4 rings (SSSR count). The van der Waals surface area contributed by atoms with Gasteiger partial charge in [-0.1, -0.05) is 12.1 Å². The Balaban J connectivity index is 0.000000256. The molecule has 0 spiro atoms. The van der Waals surface area contributed by atoms with Crippen LogP contribution in [0.5, 0.6) is 34.5 Å². The number of anilines is 2. The van der Waals surface area contributed by atoms with E-state index >= 15 is 0 Å². The predicted octanol–water partition coefficient (Wildman–Crippen LogP) is 4.62. The van der Waals surface area contributed by atoms with Crippen LogP contribution in [0.4, 0.5) is 11.4 Å². The zero-order valence-corrected chi connectivity index (χ0v) is 24.4. The van der Waals surface area contributed by atoms with Crippen LogP contribution in [0.15, 0.2) is 78.9 Å². The minimum atomic E-state index is -1.29. The molecule has 47 heavy (non-hydrogen) atoms. The van der Waals surface area contributed by atoms with E-state index in [4.69, 9.17) is 10.2 Å². The lowest BCUT2D eigenvalue weighted by molar-refractivity contribution is -0.112. The highest BCUT2D eigenvalue weighted by Crippen LogP contribution is 2.28. The number of aryl methyl sites for hydroxylation is 1. The van der Waals surface area contributed by atoms with E-state index < -0.39 is 23.8 Å². The van der Waals surface area contributed by atoms with E-state index in [1.807, 2.05) is 0 Å². The first-order valence-corrected chi connectivity index (χ1v) is 13.3. The number of carboxylic acids is 2. The molecule has 0 saturated heterocycles. The van der Waals surface area contributed by atoms with Crippen molar-refractivity contribution in [1.82, 2.24) is 0 Å². The number of rotatable bonds is 8. The van der Waals surface area contributed by atoms with E-state index in [9.17, 15) is 49.8 Å². The van der Waals surface area contributed by atoms with Crippen LogP contribution in [0.25, 0.3) is 12.2 Å². The summed E-state index contributed by atoms with van der Waals surface area (Å²) in [6, 6.07) is 14.0. The average molecular weight is 645 g/mol. The van der Waals surface area contributed by atoms with Gasteiger partial charge in [0.05, 0.1) is 22.5 Å². The first kappa shape index (κ1) is 34.5. The zero-order chi connectivity index (χ0) is 34.8. The van der Waals surface area contributed by atoms with E-state index in [2.05, 4.69) is 10.6 Å². The van der Waals surface area contributed by atoms with Crippen LogP contribution in [-0.4, -0.2) is 64.6 Å². The monoisotopic (exact) mass is 644 g/mol. The van der Waals surface area contributed by atoms with Gasteiger partial charge in [0.25, 0.3) is 0 Å². The first-order valence-electron chi connectivity index (χ1n) is 13.3. The van der Waals surface area contributed by atoms with Gasteiger partial charge in [-0.25, -0.2) is 9.59 Å². The molecule has 4 aromatic carbocycles. The highest BCUT2D eigenvalue weighted by Gasteiger charge is 2.16. The van der Waals surface area contributed by atoms with Crippen LogP contribution >= 0.6 is 0 Å². The SMILES string of the molecule is Cc1cc(O)cc(C(=O)O)c1NC(=O)/C=C/c1ccc(O)c(O)c1.O=C(/C=C/c1ccc(O)c(O)c1)Nc1ccc(O)cc1C(=O)O. The second kappa shape index (κ2) is 15.2. The normalized spacial score (nSPS) is 10.7. The van der Waals surface area contributed by atoms with Crippen molar-refractivity contribution in [3.63, 3.8) is 0 Å². The van der Waals surface area contributed by atoms with Gasteiger partial charge in [-0.05, 0) is 90.4 Å². The summed E-state index contributed by atoms with van der Waals surface area (Å²) in [7, 11) is 0. The molecule has 0 atom stereocenters. The third-order valence-electron chi connectivity index (χ3n) is 6.14. The minimum absolute atomic E-state index is 0.0403. The lowest BCUT2D eigenvalue weighted by Gasteiger charge is -2.11. The smallest absolute Gasteiger partial charge is 0.337 e. The number of aromatic carboxylic acids is 2. The molecule has 0 aliphatic carbocycles. The molecule has 0 aliphatic heterocycles. The van der Waals surface area contributed by atoms with Crippen molar-refractivity contribution in [3.8, 4) is 34.5 Å². The predicted molar refractivity (Wildman–Crippen MR) is 170 cm³/mol. The summed E-state index contributed by atoms with van der Waals surface area (Å²) < 4.78 is 0. The third kappa shape index (κ3) is 9.77. The highest BCUT2D eigenvalue weighted by molar-refractivity contribution is 6.07. The number of phenols is 6. The number of amides is 2. The van der Waals surface area contributed by atoms with Crippen molar-refractivity contribution in [2.75, 3.05) is 10.6 Å². The fourth-order valence-corrected chi connectivity index (χ4v) is 3.89. The van der Waals surface area contributed by atoms with Gasteiger partial charge in [-0.3, -0.25) is 9.59 Å². The van der Waals surface area contributed by atoms with Crippen molar-refractivity contribution >= 4 is 47.3 Å². The van der Waals surface area contributed by atoms with Gasteiger partial charge in [0.1, 0.15) is 11.5 Å². The summed E-state index contributed by atoms with van der Waals surface area (Å²) in [5.74, 6) is -5.37. The van der Waals surface area contributed by atoms with Gasteiger partial charge in [0.2, 0.25) is 11.8 Å². The van der Waals surface area contributed by atoms with E-state index in [0.29, 0.717) is 16.7 Å². The molecule has 0 aromatic heterocycles. The van der Waals surface area contributed by atoms with Crippen LogP contribution in [0.1, 0.15) is 37.4 Å². The average Bonchev–Trinajstić information content (AvgIpc) is 3.00. The molecular formula is C33H28N2O12. The van der Waals surface area contributed by atoms with E-state index in [1.165, 1.54) is 66.7 Å². The van der Waals surface area contributed by atoms with Gasteiger partial charge in [0.15, 0.2) is 23.0 Å². The number of carbonyl (C=O) groups is 4. The lowest BCUT2D eigenvalue weighted by atomic mass is 10.1. The Hall–Kier alpha value is -6.96. The third-order valence-corrected chi connectivity index (χ3v) is 6.14. The molecule has 0 radical (unpaired) electrons. The number of carbonyl (C=O) groups excluding carboxylic acids is 2. The highest BCUT2D eigenvalue weighted by atomic mass is 16.4. The number of aromatic hydroxyl groups is 6. The molecule has 0 saturated carbocycles. The van der Waals surface area contributed by atoms with Crippen molar-refractivity contribution in [3.05, 3.63) is 107 Å². The summed E-state index contributed by atoms with van der Waals surface area (Å²) in [6.45, 7) is 1.56. The number of nitrogens with one attached hydrogen (secondary N) is 2. The first-order chi connectivity index (χ1) is 22.1. The minimum Gasteiger partial charge on any atom is -0.508 e. The van der Waals surface area contributed by atoms with Crippen molar-refractivity contribution in [2.24, 2.45) is 0 Å². The Labute approximate surface area is 266 Å². The number of carboxylic acid groups (broad SMARTS) is 2. The quantitative estimate of drug-likeness (QED) is 0.0716. The maximum atomic E-state index is 12.0. The Morgan fingerprint density at radius 3 is 1.53 bits per heavy atom. The summed E-state index contributed by atoms with van der Waals surface area (Å²) in [4.78, 5) is 46.1. The van der Waals surface area contributed by atoms with E-state index in [1.54, 1.807) is 6.92 Å². The summed E-state index contributed by atoms with van der Waals surface area (Å²) in [5, 5.41) is 78.9. The molecule has 0 unspecified atom stereocenters. The van der Waals surface area contributed by atoms with E-state index in [-0.39, 0.29) is 57.0 Å². The van der Waals surface area contributed by atoms with Crippen molar-refractivity contribution in [2.45, 2.75) is 6.92 Å². The molecule has 14 nitrogen and oxygen atoms in total. The van der Waals surface area contributed by atoms with Crippen molar-refractivity contribution in [1.29, 1.82) is 0 Å². The van der Waals surface area contributed by atoms with Crippen molar-refractivity contribution < 1.29 is 60.0 Å². The number of hydrogen-bond donors (Lipinski definition) is 10. The second-order valence-electron chi connectivity index (χ2n) is 9.67. The zero-order valence-electron chi connectivity index (χ0n) is 24.4.